The van der Waals surface area contributed by atoms with Crippen LogP contribution in [0.1, 0.15) is 16.4 Å². The molecule has 0 saturated heterocycles. The molecule has 0 amide bonds. The quantitative estimate of drug-likeness (QED) is 0.168. The Labute approximate surface area is 307 Å². The highest BCUT2D eigenvalue weighted by molar-refractivity contribution is 6.26. The summed E-state index contributed by atoms with van der Waals surface area (Å²) in [6.45, 7) is 0. The van der Waals surface area contributed by atoms with Crippen LogP contribution in [0.3, 0.4) is 0 Å². The predicted molar refractivity (Wildman–Crippen MR) is 216 cm³/mol. The topological polar surface area (TPSA) is 0 Å². The van der Waals surface area contributed by atoms with Gasteiger partial charge in [0.2, 0.25) is 0 Å². The van der Waals surface area contributed by atoms with Crippen LogP contribution in [-0.2, 0) is 0 Å². The van der Waals surface area contributed by atoms with Gasteiger partial charge in [0.05, 0.1) is 16.4 Å². The summed E-state index contributed by atoms with van der Waals surface area (Å²) in [6, 6.07) is 28.4. The molecule has 0 spiro atoms. The molecule has 11 rings (SSSR count). The molecule has 0 aliphatic carbocycles. The zero-order valence-electron chi connectivity index (χ0n) is 38.4. The van der Waals surface area contributed by atoms with Gasteiger partial charge in [-0.3, -0.25) is 0 Å². The monoisotopic (exact) mass is 642 g/mol. The minimum atomic E-state index is -0.693. The van der Waals surface area contributed by atoms with E-state index in [1.165, 1.54) is 0 Å². The van der Waals surface area contributed by atoms with Gasteiger partial charge in [-0.2, -0.15) is 0 Å². The summed E-state index contributed by atoms with van der Waals surface area (Å²) < 4.78 is 110. The number of hydrogen-bond donors (Lipinski definition) is 0. The first-order valence-corrected chi connectivity index (χ1v) is 16.5. The Kier molecular flexibility index (Phi) is 3.85. The van der Waals surface area contributed by atoms with Gasteiger partial charge in [-0.25, -0.2) is 0 Å². The zero-order chi connectivity index (χ0) is 43.2. The van der Waals surface area contributed by atoms with Crippen molar-refractivity contribution in [1.29, 1.82) is 0 Å². The Morgan fingerprint density at radius 2 is 0.640 bits per heavy atom. The van der Waals surface area contributed by atoms with Crippen LogP contribution in [0.2, 0.25) is 0 Å². The Balaban J connectivity index is 1.11. The van der Waals surface area contributed by atoms with Crippen LogP contribution in [0.4, 0.5) is 0 Å². The number of hydrogen-bond acceptors (Lipinski definition) is 0. The number of benzene rings is 11. The molecule has 0 unspecified atom stereocenters. The SMILES string of the molecule is [2H]c1c([2H])c(-c2c([2H])c([2H])c(-c3c([2H])c([2H])c(-c4ccc5ccc6cccc7ccc4c5c67)c([2H])c3[2H])c([2H])c2[2H])c([2H])c(-c2ccc3ccc4cccc5ccc2c3c45)c1[2H]. The van der Waals surface area contributed by atoms with Gasteiger partial charge in [0.15, 0.2) is 0 Å². The van der Waals surface area contributed by atoms with Crippen LogP contribution in [0.25, 0.3) is 109 Å². The zero-order valence-corrected chi connectivity index (χ0v) is 26.4. The second kappa shape index (κ2) is 10.5. The maximum Gasteiger partial charge on any atom is 0.0636 e. The van der Waals surface area contributed by atoms with Crippen molar-refractivity contribution < 1.29 is 16.4 Å². The maximum atomic E-state index is 9.52. The van der Waals surface area contributed by atoms with E-state index in [4.69, 9.17) is 4.11 Å². The van der Waals surface area contributed by atoms with Crippen LogP contribution in [0.5, 0.6) is 0 Å². The van der Waals surface area contributed by atoms with Crippen molar-refractivity contribution in [2.45, 2.75) is 0 Å². The Morgan fingerprint density at radius 3 is 1.14 bits per heavy atom. The highest BCUT2D eigenvalue weighted by Crippen LogP contribution is 2.41. The fraction of sp³-hybridized carbons (Fsp3) is 0. The van der Waals surface area contributed by atoms with E-state index in [9.17, 15) is 12.3 Å². The van der Waals surface area contributed by atoms with E-state index < -0.39 is 83.2 Å². The second-order valence-electron chi connectivity index (χ2n) is 12.7. The van der Waals surface area contributed by atoms with Gasteiger partial charge in [-0.1, -0.05) is 176 Å². The first-order valence-electron chi connectivity index (χ1n) is 22.5. The maximum absolute atomic E-state index is 9.52. The lowest BCUT2D eigenvalue weighted by Gasteiger charge is -2.15. The van der Waals surface area contributed by atoms with Gasteiger partial charge in [-0.05, 0) is 115 Å². The van der Waals surface area contributed by atoms with E-state index in [1.807, 2.05) is 97.1 Å². The molecule has 0 atom stereocenters. The fourth-order valence-electron chi connectivity index (χ4n) is 7.64. The van der Waals surface area contributed by atoms with E-state index in [2.05, 4.69) is 0 Å². The molecule has 0 heterocycles. The van der Waals surface area contributed by atoms with Crippen molar-refractivity contribution in [1.82, 2.24) is 0 Å². The summed E-state index contributed by atoms with van der Waals surface area (Å²) in [7, 11) is 0. The van der Waals surface area contributed by atoms with Gasteiger partial charge < -0.3 is 0 Å². The minimum absolute atomic E-state index is 0.00170. The van der Waals surface area contributed by atoms with Crippen LogP contribution in [-0.4, -0.2) is 0 Å². The third kappa shape index (κ3) is 4.06. The molecule has 0 N–H and O–H groups in total. The molecule has 230 valence electrons. The predicted octanol–water partition coefficient (Wildman–Crippen LogP) is 14.1. The third-order valence-electron chi connectivity index (χ3n) is 9.97. The molecule has 0 aliphatic heterocycles. The molecule has 0 radical (unpaired) electrons. The summed E-state index contributed by atoms with van der Waals surface area (Å²) in [5.74, 6) is 0. The molecule has 0 aliphatic rings. The molecule has 0 bridgehead atoms. The minimum Gasteiger partial charge on any atom is -0.0610 e. The van der Waals surface area contributed by atoms with Crippen LogP contribution >= 0.6 is 0 Å². The molecule has 0 aromatic heterocycles. The van der Waals surface area contributed by atoms with Crippen molar-refractivity contribution in [3.63, 3.8) is 0 Å². The van der Waals surface area contributed by atoms with Crippen LogP contribution in [0.15, 0.2) is 182 Å². The third-order valence-corrected chi connectivity index (χ3v) is 9.97. The standard InChI is InChI=1S/C50H30/c1-4-35-18-20-39-22-26-43(45-28-24-37(6-1)47(35)49(39)45)34-16-14-32(15-17-34)31-10-12-33(13-11-31)41-8-3-9-42(30-41)44-27-23-40-21-19-36-5-2-7-38-25-29-46(44)50(40)48(36)38/h1-30H/i3D,8D,9D,10D,11D,12D,13D,14D,15D,16D,17D,30D. The summed E-state index contributed by atoms with van der Waals surface area (Å²) in [5.41, 5.74) is -0.725. The summed E-state index contributed by atoms with van der Waals surface area (Å²) in [4.78, 5) is 0. The first kappa shape index (κ1) is 18.3. The molecule has 0 heteroatoms. The average Bonchev–Trinajstić information content (AvgIpc) is 3.28. The molecule has 50 heavy (non-hydrogen) atoms. The summed E-state index contributed by atoms with van der Waals surface area (Å²) >= 11 is 0. The number of rotatable bonds is 4. The molecular formula is C50H30. The molecular weight excluding hydrogens is 601 g/mol. The van der Waals surface area contributed by atoms with Crippen molar-refractivity contribution >= 4 is 64.6 Å². The summed E-state index contributed by atoms with van der Waals surface area (Å²) in [5, 5.41) is 11.2. The van der Waals surface area contributed by atoms with E-state index in [-0.39, 0.29) is 22.7 Å². The van der Waals surface area contributed by atoms with E-state index in [1.54, 1.807) is 12.1 Å². The molecule has 11 aromatic rings. The largest absolute Gasteiger partial charge is 0.0636 e. The lowest BCUT2D eigenvalue weighted by Crippen LogP contribution is -1.88. The summed E-state index contributed by atoms with van der Waals surface area (Å²) in [6.07, 6.45) is 0. The highest BCUT2D eigenvalue weighted by atomic mass is 14.2. The normalized spacial score (nSPS) is 15.4. The van der Waals surface area contributed by atoms with Crippen molar-refractivity contribution in [2.24, 2.45) is 0 Å². The Hall–Kier alpha value is -6.50. The Morgan fingerprint density at radius 1 is 0.280 bits per heavy atom. The first-order chi connectivity index (χ1) is 29.8. The van der Waals surface area contributed by atoms with Gasteiger partial charge in [-0.15, -0.1) is 0 Å². The van der Waals surface area contributed by atoms with Gasteiger partial charge in [0, 0.05) is 0 Å². The molecule has 11 aromatic carbocycles. The lowest BCUT2D eigenvalue weighted by atomic mass is 9.89. The van der Waals surface area contributed by atoms with Crippen LogP contribution < -0.4 is 0 Å². The van der Waals surface area contributed by atoms with E-state index in [0.29, 0.717) is 16.5 Å². The van der Waals surface area contributed by atoms with Gasteiger partial charge >= 0.3 is 0 Å². The van der Waals surface area contributed by atoms with Crippen LogP contribution in [0, 0.1) is 0 Å². The van der Waals surface area contributed by atoms with E-state index >= 15 is 0 Å². The van der Waals surface area contributed by atoms with E-state index in [0.717, 1.165) is 59.2 Å². The smallest absolute Gasteiger partial charge is 0.0610 e. The molecule has 0 nitrogen and oxygen atoms in total. The Bertz CT molecular complexity index is 3690. The average molecular weight is 643 g/mol. The molecule has 0 saturated carbocycles. The van der Waals surface area contributed by atoms with Crippen molar-refractivity contribution in [3.05, 3.63) is 182 Å². The molecule has 0 fully saturated rings. The van der Waals surface area contributed by atoms with Gasteiger partial charge in [0.1, 0.15) is 0 Å². The second-order valence-corrected chi connectivity index (χ2v) is 12.7. The van der Waals surface area contributed by atoms with Crippen molar-refractivity contribution in [2.75, 3.05) is 0 Å². The lowest BCUT2D eigenvalue weighted by molar-refractivity contribution is 1.58. The fourth-order valence-corrected chi connectivity index (χ4v) is 7.64. The van der Waals surface area contributed by atoms with Gasteiger partial charge in [0.25, 0.3) is 0 Å². The van der Waals surface area contributed by atoms with Crippen molar-refractivity contribution in [3.8, 4) is 44.5 Å². The highest BCUT2D eigenvalue weighted by Gasteiger charge is 2.14.